The summed E-state index contributed by atoms with van der Waals surface area (Å²) in [6.07, 6.45) is 1.24. The number of halogens is 1. The molecule has 1 aliphatic heterocycles. The van der Waals surface area contributed by atoms with Gasteiger partial charge in [0.2, 0.25) is 0 Å². The van der Waals surface area contributed by atoms with Gasteiger partial charge in [-0.25, -0.2) is 0 Å². The maximum absolute atomic E-state index is 6.09. The molecule has 1 atom stereocenters. The van der Waals surface area contributed by atoms with E-state index in [2.05, 4.69) is 17.6 Å². The summed E-state index contributed by atoms with van der Waals surface area (Å²) in [6.45, 7) is 3.19. The lowest BCUT2D eigenvalue weighted by Gasteiger charge is -2.26. The Morgan fingerprint density at radius 1 is 1.73 bits per heavy atom. The normalized spacial score (nSPS) is 23.3. The molecule has 60 valence electrons. The van der Waals surface area contributed by atoms with Crippen LogP contribution in [-0.2, 0) is 0 Å². The van der Waals surface area contributed by atoms with Crippen molar-refractivity contribution in [2.45, 2.75) is 19.4 Å². The molecule has 3 heteroatoms. The zero-order chi connectivity index (χ0) is 7.84. The minimum absolute atomic E-state index is 0.543. The van der Waals surface area contributed by atoms with Crippen LogP contribution in [0.3, 0.4) is 0 Å². The van der Waals surface area contributed by atoms with Crippen LogP contribution in [0.2, 0.25) is 5.02 Å². The monoisotopic (exact) mass is 187 g/mol. The van der Waals surface area contributed by atoms with E-state index >= 15 is 0 Å². The van der Waals surface area contributed by atoms with E-state index in [1.54, 1.807) is 11.3 Å². The van der Waals surface area contributed by atoms with Crippen molar-refractivity contribution in [3.63, 3.8) is 0 Å². The third-order valence-corrected chi connectivity index (χ3v) is 3.89. The third-order valence-electron chi connectivity index (χ3n) is 2.07. The minimum Gasteiger partial charge on any atom is -0.309 e. The van der Waals surface area contributed by atoms with Crippen molar-refractivity contribution in [3.8, 4) is 0 Å². The summed E-state index contributed by atoms with van der Waals surface area (Å²) in [5, 5.41) is 6.43. The van der Waals surface area contributed by atoms with Gasteiger partial charge in [0, 0.05) is 10.9 Å². The first kappa shape index (κ1) is 7.59. The van der Waals surface area contributed by atoms with Gasteiger partial charge in [0.25, 0.3) is 0 Å². The van der Waals surface area contributed by atoms with E-state index in [0.29, 0.717) is 6.04 Å². The molecule has 1 aromatic rings. The van der Waals surface area contributed by atoms with Gasteiger partial charge in [-0.3, -0.25) is 0 Å². The SMILES string of the molecule is Cc1csc([C@@H]2CCN2)c1Cl. The molecule has 2 heterocycles. The fraction of sp³-hybridized carbons (Fsp3) is 0.500. The van der Waals surface area contributed by atoms with Gasteiger partial charge in [-0.2, -0.15) is 0 Å². The number of hydrogen-bond donors (Lipinski definition) is 1. The molecular formula is C8H10ClNS. The Bertz CT molecular complexity index is 265. The Balaban J connectivity index is 2.29. The van der Waals surface area contributed by atoms with Crippen LogP contribution >= 0.6 is 22.9 Å². The zero-order valence-electron chi connectivity index (χ0n) is 6.36. The summed E-state index contributed by atoms with van der Waals surface area (Å²) in [6, 6.07) is 0.543. The number of thiophene rings is 1. The van der Waals surface area contributed by atoms with Crippen LogP contribution in [0.1, 0.15) is 22.9 Å². The van der Waals surface area contributed by atoms with E-state index in [-0.39, 0.29) is 0 Å². The van der Waals surface area contributed by atoms with Gasteiger partial charge in [-0.15, -0.1) is 11.3 Å². The summed E-state index contributed by atoms with van der Waals surface area (Å²) in [5.41, 5.74) is 1.21. The predicted octanol–water partition coefficient (Wildman–Crippen LogP) is 2.74. The van der Waals surface area contributed by atoms with E-state index in [4.69, 9.17) is 11.6 Å². The highest BCUT2D eigenvalue weighted by Gasteiger charge is 2.22. The molecule has 0 saturated carbocycles. The smallest absolute Gasteiger partial charge is 0.0590 e. The molecule has 1 fully saturated rings. The Hall–Kier alpha value is -0.0500. The molecule has 0 bridgehead atoms. The average molecular weight is 188 g/mol. The Kier molecular flexibility index (Phi) is 1.91. The van der Waals surface area contributed by atoms with Crippen LogP contribution in [0.4, 0.5) is 0 Å². The number of rotatable bonds is 1. The highest BCUT2D eigenvalue weighted by Crippen LogP contribution is 2.36. The van der Waals surface area contributed by atoms with Crippen LogP contribution in [0.15, 0.2) is 5.38 Å². The van der Waals surface area contributed by atoms with Gasteiger partial charge in [-0.05, 0) is 30.8 Å². The van der Waals surface area contributed by atoms with E-state index in [9.17, 15) is 0 Å². The van der Waals surface area contributed by atoms with E-state index in [1.165, 1.54) is 16.9 Å². The highest BCUT2D eigenvalue weighted by molar-refractivity contribution is 7.10. The molecule has 1 N–H and O–H groups in total. The van der Waals surface area contributed by atoms with Crippen molar-refractivity contribution in [1.29, 1.82) is 0 Å². The molecule has 1 nitrogen and oxygen atoms in total. The first-order valence-electron chi connectivity index (χ1n) is 3.76. The van der Waals surface area contributed by atoms with Crippen molar-refractivity contribution in [3.05, 3.63) is 20.8 Å². The quantitative estimate of drug-likeness (QED) is 0.713. The molecule has 0 aliphatic carbocycles. The fourth-order valence-corrected chi connectivity index (χ4v) is 2.63. The first-order chi connectivity index (χ1) is 5.29. The summed E-state index contributed by atoms with van der Waals surface area (Å²) >= 11 is 7.85. The van der Waals surface area contributed by atoms with Gasteiger partial charge in [0.15, 0.2) is 0 Å². The van der Waals surface area contributed by atoms with Crippen molar-refractivity contribution in [2.24, 2.45) is 0 Å². The molecule has 1 aliphatic rings. The van der Waals surface area contributed by atoms with Crippen LogP contribution < -0.4 is 5.32 Å². The number of hydrogen-bond acceptors (Lipinski definition) is 2. The maximum Gasteiger partial charge on any atom is 0.0590 e. The first-order valence-corrected chi connectivity index (χ1v) is 5.01. The van der Waals surface area contributed by atoms with Crippen molar-refractivity contribution in [1.82, 2.24) is 5.32 Å². The fourth-order valence-electron chi connectivity index (χ4n) is 1.20. The largest absolute Gasteiger partial charge is 0.309 e. The number of nitrogens with one attached hydrogen (secondary N) is 1. The molecule has 1 saturated heterocycles. The molecule has 0 radical (unpaired) electrons. The topological polar surface area (TPSA) is 12.0 Å². The molecule has 11 heavy (non-hydrogen) atoms. The van der Waals surface area contributed by atoms with E-state index in [1.807, 2.05) is 0 Å². The van der Waals surface area contributed by atoms with E-state index < -0.39 is 0 Å². The van der Waals surface area contributed by atoms with Crippen LogP contribution in [0.5, 0.6) is 0 Å². The maximum atomic E-state index is 6.09. The lowest BCUT2D eigenvalue weighted by molar-refractivity contribution is 0.389. The average Bonchev–Trinajstić information content (AvgIpc) is 2.15. The Morgan fingerprint density at radius 3 is 2.82 bits per heavy atom. The summed E-state index contributed by atoms with van der Waals surface area (Å²) in [4.78, 5) is 1.32. The van der Waals surface area contributed by atoms with Gasteiger partial charge < -0.3 is 5.32 Å². The molecule has 0 unspecified atom stereocenters. The standard InChI is InChI=1S/C8H10ClNS/c1-5-4-11-8(7(5)9)6-2-3-10-6/h4,6,10H,2-3H2,1H3/t6-/m0/s1. The molecule has 0 aromatic carbocycles. The second-order valence-corrected chi connectivity index (χ2v) is 4.18. The predicted molar refractivity (Wildman–Crippen MR) is 49.4 cm³/mol. The summed E-state index contributed by atoms with van der Waals surface area (Å²) in [7, 11) is 0. The highest BCUT2D eigenvalue weighted by atomic mass is 35.5. The zero-order valence-corrected chi connectivity index (χ0v) is 7.93. The molecule has 0 spiro atoms. The second-order valence-electron chi connectivity index (χ2n) is 2.89. The van der Waals surface area contributed by atoms with Gasteiger partial charge >= 0.3 is 0 Å². The second kappa shape index (κ2) is 2.77. The van der Waals surface area contributed by atoms with Crippen LogP contribution in [0.25, 0.3) is 0 Å². The molecule has 2 rings (SSSR count). The van der Waals surface area contributed by atoms with E-state index in [0.717, 1.165) is 11.6 Å². The lowest BCUT2D eigenvalue weighted by Crippen LogP contribution is -2.34. The summed E-state index contributed by atoms with van der Waals surface area (Å²) < 4.78 is 0. The third kappa shape index (κ3) is 1.19. The molecule has 0 amide bonds. The molecule has 1 aromatic heterocycles. The van der Waals surface area contributed by atoms with Crippen LogP contribution in [-0.4, -0.2) is 6.54 Å². The summed E-state index contributed by atoms with van der Waals surface area (Å²) in [5.74, 6) is 0. The van der Waals surface area contributed by atoms with Crippen molar-refractivity contribution < 1.29 is 0 Å². The van der Waals surface area contributed by atoms with Gasteiger partial charge in [0.1, 0.15) is 0 Å². The van der Waals surface area contributed by atoms with Crippen molar-refractivity contribution in [2.75, 3.05) is 6.54 Å². The number of aryl methyl sites for hydroxylation is 1. The molecular weight excluding hydrogens is 178 g/mol. The lowest BCUT2D eigenvalue weighted by atomic mass is 10.1. The van der Waals surface area contributed by atoms with Crippen molar-refractivity contribution >= 4 is 22.9 Å². The Labute approximate surface area is 75.4 Å². The Morgan fingerprint density at radius 2 is 2.45 bits per heavy atom. The van der Waals surface area contributed by atoms with Crippen LogP contribution in [0, 0.1) is 6.92 Å². The minimum atomic E-state index is 0.543. The van der Waals surface area contributed by atoms with Gasteiger partial charge in [0.05, 0.1) is 5.02 Å². The van der Waals surface area contributed by atoms with Gasteiger partial charge in [-0.1, -0.05) is 11.6 Å².